The van der Waals surface area contributed by atoms with Crippen molar-refractivity contribution in [2.24, 2.45) is 0 Å². The Kier molecular flexibility index (Phi) is 7.66. The van der Waals surface area contributed by atoms with Crippen molar-refractivity contribution in [2.45, 2.75) is 16.7 Å². The molecule has 2 heterocycles. The molecule has 0 bridgehead atoms. The molecule has 7 nitrogen and oxygen atoms in total. The lowest BCUT2D eigenvalue weighted by Crippen LogP contribution is -2.21. The van der Waals surface area contributed by atoms with Crippen molar-refractivity contribution >= 4 is 66.3 Å². The maximum Gasteiger partial charge on any atom is 0.266 e. The average molecular weight is 630 g/mol. The fourth-order valence-corrected chi connectivity index (χ4v) is 5.92. The van der Waals surface area contributed by atoms with Crippen molar-refractivity contribution in [2.75, 3.05) is 11.5 Å². The van der Waals surface area contributed by atoms with E-state index in [1.165, 1.54) is 0 Å². The highest BCUT2D eigenvalue weighted by Crippen LogP contribution is 2.25. The molecule has 176 valence electrons. The van der Waals surface area contributed by atoms with Crippen molar-refractivity contribution in [3.05, 3.63) is 92.1 Å². The van der Waals surface area contributed by atoms with Gasteiger partial charge in [-0.25, -0.2) is 4.98 Å². The summed E-state index contributed by atoms with van der Waals surface area (Å²) in [4.78, 5) is 18.1. The highest BCUT2D eigenvalue weighted by molar-refractivity contribution is 9.10. The standard InChI is InChI=1S/C24H18Br2N6OS2/c25-16-6-10-18(11-7-16)31-22(33)20-4-1-2-5-21(20)27-23(31)34-14-3-15-35-24-28-29-30-32(24)19-12-8-17(26)9-13-19/h1-2,4-13H,3,14-15H2. The van der Waals surface area contributed by atoms with Crippen LogP contribution in [-0.2, 0) is 0 Å². The van der Waals surface area contributed by atoms with E-state index in [0.717, 1.165) is 43.4 Å². The molecule has 5 rings (SSSR count). The Morgan fingerprint density at radius 3 is 2.11 bits per heavy atom. The van der Waals surface area contributed by atoms with Crippen molar-refractivity contribution < 1.29 is 0 Å². The number of rotatable bonds is 8. The van der Waals surface area contributed by atoms with Crippen LogP contribution in [0.4, 0.5) is 0 Å². The lowest BCUT2D eigenvalue weighted by Gasteiger charge is -2.13. The number of tetrazole rings is 1. The van der Waals surface area contributed by atoms with Crippen LogP contribution in [0.2, 0.25) is 0 Å². The molecule has 0 aliphatic rings. The third-order valence-electron chi connectivity index (χ3n) is 5.09. The third-order valence-corrected chi connectivity index (χ3v) is 8.18. The van der Waals surface area contributed by atoms with Crippen LogP contribution in [-0.4, -0.2) is 41.3 Å². The zero-order valence-corrected chi connectivity index (χ0v) is 23.0. The first-order valence-corrected chi connectivity index (χ1v) is 14.2. The first-order chi connectivity index (χ1) is 17.1. The van der Waals surface area contributed by atoms with E-state index in [9.17, 15) is 4.79 Å². The molecule has 0 amide bonds. The zero-order chi connectivity index (χ0) is 24.2. The van der Waals surface area contributed by atoms with Crippen LogP contribution in [0, 0.1) is 0 Å². The molecule has 0 N–H and O–H groups in total. The summed E-state index contributed by atoms with van der Waals surface area (Å²) in [5.41, 5.74) is 2.34. The molecule has 3 aromatic carbocycles. The molecule has 0 aliphatic carbocycles. The molecule has 0 saturated heterocycles. The predicted molar refractivity (Wildman–Crippen MR) is 148 cm³/mol. The van der Waals surface area contributed by atoms with Gasteiger partial charge in [-0.15, -0.1) is 5.10 Å². The topological polar surface area (TPSA) is 78.5 Å². The minimum atomic E-state index is -0.0662. The Bertz CT molecular complexity index is 1520. The fourth-order valence-electron chi connectivity index (χ4n) is 3.43. The molecule has 0 aliphatic heterocycles. The van der Waals surface area contributed by atoms with Gasteiger partial charge in [-0.2, -0.15) is 4.68 Å². The number of hydrogen-bond donors (Lipinski definition) is 0. The molecule has 0 saturated carbocycles. The number of aromatic nitrogens is 6. The molecular formula is C24H18Br2N6OS2. The first kappa shape index (κ1) is 24.2. The Balaban J connectivity index is 1.30. The lowest BCUT2D eigenvalue weighted by molar-refractivity contribution is 0.756. The van der Waals surface area contributed by atoms with E-state index in [0.29, 0.717) is 16.1 Å². The third kappa shape index (κ3) is 5.53. The second kappa shape index (κ2) is 11.1. The second-order valence-electron chi connectivity index (χ2n) is 7.43. The predicted octanol–water partition coefficient (Wildman–Crippen LogP) is 6.16. The molecule has 2 aromatic heterocycles. The summed E-state index contributed by atoms with van der Waals surface area (Å²) in [5, 5.41) is 14.1. The molecule has 11 heteroatoms. The van der Waals surface area contributed by atoms with Crippen LogP contribution in [0.3, 0.4) is 0 Å². The maximum absolute atomic E-state index is 13.3. The highest BCUT2D eigenvalue weighted by atomic mass is 79.9. The van der Waals surface area contributed by atoms with E-state index in [4.69, 9.17) is 4.98 Å². The number of hydrogen-bond acceptors (Lipinski definition) is 7. The molecule has 0 unspecified atom stereocenters. The summed E-state index contributed by atoms with van der Waals surface area (Å²) in [6.45, 7) is 0. The molecule has 0 radical (unpaired) electrons. The summed E-state index contributed by atoms with van der Waals surface area (Å²) >= 11 is 10.1. The number of para-hydroxylation sites is 1. The number of benzene rings is 3. The highest BCUT2D eigenvalue weighted by Gasteiger charge is 2.14. The molecule has 35 heavy (non-hydrogen) atoms. The minimum absolute atomic E-state index is 0.0662. The van der Waals surface area contributed by atoms with Gasteiger partial charge < -0.3 is 0 Å². The Hall–Kier alpha value is -2.47. The van der Waals surface area contributed by atoms with Gasteiger partial charge in [-0.1, -0.05) is 67.5 Å². The number of thioether (sulfide) groups is 2. The van der Waals surface area contributed by atoms with Gasteiger partial charge in [0.2, 0.25) is 5.16 Å². The zero-order valence-electron chi connectivity index (χ0n) is 18.2. The SMILES string of the molecule is O=c1c2ccccc2nc(SCCCSc2nnnn2-c2ccc(Br)cc2)n1-c1ccc(Br)cc1. The minimum Gasteiger partial charge on any atom is -0.268 e. The van der Waals surface area contributed by atoms with E-state index in [-0.39, 0.29) is 5.56 Å². The van der Waals surface area contributed by atoms with E-state index in [2.05, 4.69) is 47.4 Å². The van der Waals surface area contributed by atoms with Crippen LogP contribution < -0.4 is 5.56 Å². The van der Waals surface area contributed by atoms with Gasteiger partial charge in [0.05, 0.1) is 22.3 Å². The van der Waals surface area contributed by atoms with Crippen molar-refractivity contribution in [1.82, 2.24) is 29.8 Å². The Morgan fingerprint density at radius 1 is 0.771 bits per heavy atom. The normalized spacial score (nSPS) is 11.3. The van der Waals surface area contributed by atoms with Gasteiger partial charge in [0.1, 0.15) is 0 Å². The summed E-state index contributed by atoms with van der Waals surface area (Å²) in [7, 11) is 0. The number of halogens is 2. The summed E-state index contributed by atoms with van der Waals surface area (Å²) < 4.78 is 5.39. The maximum atomic E-state index is 13.3. The van der Waals surface area contributed by atoms with E-state index >= 15 is 0 Å². The molecule has 5 aromatic rings. The smallest absolute Gasteiger partial charge is 0.266 e. The summed E-state index contributed by atoms with van der Waals surface area (Å²) in [6.07, 6.45) is 0.894. The van der Waals surface area contributed by atoms with E-state index in [1.807, 2.05) is 72.8 Å². The van der Waals surface area contributed by atoms with Gasteiger partial charge in [-0.05, 0) is 77.5 Å². The molecular weight excluding hydrogens is 612 g/mol. The summed E-state index contributed by atoms with van der Waals surface area (Å²) in [5.74, 6) is 1.63. The average Bonchev–Trinajstić information content (AvgIpc) is 3.34. The van der Waals surface area contributed by atoms with Gasteiger partial charge >= 0.3 is 0 Å². The lowest BCUT2D eigenvalue weighted by atomic mass is 10.2. The van der Waals surface area contributed by atoms with Crippen LogP contribution in [0.5, 0.6) is 0 Å². The largest absolute Gasteiger partial charge is 0.268 e. The van der Waals surface area contributed by atoms with Gasteiger partial charge in [-0.3, -0.25) is 9.36 Å². The van der Waals surface area contributed by atoms with Crippen molar-refractivity contribution in [3.63, 3.8) is 0 Å². The monoisotopic (exact) mass is 628 g/mol. The summed E-state index contributed by atoms with van der Waals surface area (Å²) in [6, 6.07) is 23.0. The van der Waals surface area contributed by atoms with Crippen LogP contribution in [0.15, 0.2) is 96.8 Å². The van der Waals surface area contributed by atoms with E-state index < -0.39 is 0 Å². The number of nitrogens with zero attached hydrogens (tertiary/aromatic N) is 6. The van der Waals surface area contributed by atoms with Gasteiger partial charge in [0.15, 0.2) is 5.16 Å². The van der Waals surface area contributed by atoms with Crippen molar-refractivity contribution in [3.8, 4) is 11.4 Å². The van der Waals surface area contributed by atoms with E-state index in [1.54, 1.807) is 32.8 Å². The van der Waals surface area contributed by atoms with Crippen LogP contribution >= 0.6 is 55.4 Å². The van der Waals surface area contributed by atoms with Crippen LogP contribution in [0.25, 0.3) is 22.3 Å². The molecule has 0 fully saturated rings. The fraction of sp³-hybridized carbons (Fsp3) is 0.125. The van der Waals surface area contributed by atoms with Gasteiger partial charge in [0.25, 0.3) is 5.56 Å². The second-order valence-corrected chi connectivity index (χ2v) is 11.4. The number of fused-ring (bicyclic) bond motifs is 1. The quantitative estimate of drug-likeness (QED) is 0.116. The Labute approximate surface area is 226 Å². The molecule has 0 atom stereocenters. The molecule has 0 spiro atoms. The van der Waals surface area contributed by atoms with Crippen LogP contribution in [0.1, 0.15) is 6.42 Å². The van der Waals surface area contributed by atoms with Gasteiger partial charge in [0, 0.05) is 20.5 Å². The first-order valence-electron chi connectivity index (χ1n) is 10.7. The Morgan fingerprint density at radius 2 is 1.40 bits per heavy atom. The van der Waals surface area contributed by atoms with Crippen molar-refractivity contribution in [1.29, 1.82) is 0 Å².